The lowest BCUT2D eigenvalue weighted by Crippen LogP contribution is -1.27. The molecule has 0 nitrogen and oxygen atoms in total. The van der Waals surface area contributed by atoms with E-state index in [1.165, 1.54) is 218 Å². The zero-order valence-corrected chi connectivity index (χ0v) is 92.0. The fourth-order valence-electron chi connectivity index (χ4n) is 0. The van der Waals surface area contributed by atoms with Crippen LogP contribution in [0, 0.1) is 0 Å². The van der Waals surface area contributed by atoms with Crippen LogP contribution in [0.25, 0.3) is 0 Å². The monoisotopic (exact) mass is 1500 g/mol. The van der Waals surface area contributed by atoms with Crippen molar-refractivity contribution in [2.45, 2.75) is 689 Å². The molecule has 0 aromatic heterocycles. The van der Waals surface area contributed by atoms with E-state index in [2.05, 4.69) is 471 Å². The van der Waals surface area contributed by atoms with Crippen molar-refractivity contribution >= 4 is 0 Å². The first-order valence-corrected chi connectivity index (χ1v) is 48.1. The highest BCUT2D eigenvalue weighted by molar-refractivity contribution is 4.01. The average Bonchev–Trinajstić information content (AvgIpc) is 3.50. The molecule has 0 aromatic rings. The van der Waals surface area contributed by atoms with E-state index in [0.29, 0.717) is 0 Å². The fourth-order valence-corrected chi connectivity index (χ4v) is 0. The Bertz CT molecular complexity index is 173. The van der Waals surface area contributed by atoms with Crippen LogP contribution in [0.1, 0.15) is 689 Å². The van der Waals surface area contributed by atoms with Crippen LogP contribution < -0.4 is 0 Å². The molecule has 0 heterocycles. The van der Waals surface area contributed by atoms with E-state index in [1.54, 1.807) is 0 Å². The Hall–Kier alpha value is 0. The minimum Gasteiger partial charge on any atom is -0.0656 e. The van der Waals surface area contributed by atoms with Gasteiger partial charge in [0.25, 0.3) is 0 Å². The third-order valence-electron chi connectivity index (χ3n) is 0. The Morgan fingerprint density at radius 2 is 0.0392 bits per heavy atom. The van der Waals surface area contributed by atoms with Crippen LogP contribution in [0.15, 0.2) is 0 Å². The summed E-state index contributed by atoms with van der Waals surface area (Å²) in [6.07, 6.45) is 42.5. The van der Waals surface area contributed by atoms with Gasteiger partial charge < -0.3 is 0 Å². The van der Waals surface area contributed by atoms with Crippen molar-refractivity contribution in [3.05, 3.63) is 0 Å². The second-order valence-electron chi connectivity index (χ2n) is 24.0. The lowest BCUT2D eigenvalue weighted by atomic mass is 10.6. The van der Waals surface area contributed by atoms with Gasteiger partial charge in [-0.1, -0.05) is 689 Å². The van der Waals surface area contributed by atoms with Crippen LogP contribution in [0.4, 0.5) is 0 Å². The van der Waals surface area contributed by atoms with Gasteiger partial charge in [-0.05, 0) is 0 Å². The molecular weight excluding hydrogens is 1230 g/mol. The van der Waals surface area contributed by atoms with Crippen molar-refractivity contribution in [2.24, 2.45) is 0 Å². The first-order chi connectivity index (χ1) is 48.1. The first-order valence-electron chi connectivity index (χ1n) is 48.1. The van der Waals surface area contributed by atoms with Gasteiger partial charge in [0, 0.05) is 0 Å². The normalized spacial score (nSPS) is 6.00. The molecule has 0 spiro atoms. The van der Waals surface area contributed by atoms with E-state index in [4.69, 9.17) is 0 Å². The van der Waals surface area contributed by atoms with E-state index < -0.39 is 0 Å². The van der Waals surface area contributed by atoms with Crippen LogP contribution >= 0.6 is 0 Å². The molecule has 0 aromatic carbocycles. The molecule has 0 fully saturated rings. The molecule has 0 radical (unpaired) electrons. The molecule has 0 saturated carbocycles. The molecule has 680 valence electrons. The van der Waals surface area contributed by atoms with Gasteiger partial charge in [-0.25, -0.2) is 0 Å². The first kappa shape index (κ1) is 225. The Morgan fingerprint density at radius 1 is 0.0392 bits per heavy atom. The van der Waals surface area contributed by atoms with Crippen molar-refractivity contribution < 1.29 is 0 Å². The van der Waals surface area contributed by atoms with Crippen molar-refractivity contribution in [3.63, 3.8) is 0 Å². The summed E-state index contributed by atoms with van der Waals surface area (Å²) >= 11 is 0. The molecule has 0 amide bonds. The van der Waals surface area contributed by atoms with Crippen LogP contribution in [-0.2, 0) is 0 Å². The highest BCUT2D eigenvalue weighted by Gasteiger charge is 1.45. The standard InChI is InChI=1S/34C3H8/c34*1-3-2/h34*3H2,1-2H3. The number of rotatable bonds is 0. The summed E-state index contributed by atoms with van der Waals surface area (Å²) in [5, 5.41) is 0. The van der Waals surface area contributed by atoms with E-state index >= 15 is 0 Å². The summed E-state index contributed by atoms with van der Waals surface area (Å²) in [4.78, 5) is 0. The maximum Gasteiger partial charge on any atom is -0.0590 e. The maximum atomic E-state index is 2.12. The summed E-state index contributed by atoms with van der Waals surface area (Å²) < 4.78 is 0. The molecule has 102 heavy (non-hydrogen) atoms. The largest absolute Gasteiger partial charge is 0.0656 e. The van der Waals surface area contributed by atoms with Crippen molar-refractivity contribution in [2.75, 3.05) is 0 Å². The second-order valence-corrected chi connectivity index (χ2v) is 24.0. The SMILES string of the molecule is CCC.CCC.CCC.CCC.CCC.CCC.CCC.CCC.CCC.CCC.CCC.CCC.CCC.CCC.CCC.CCC.CCC.CCC.CCC.CCC.CCC.CCC.CCC.CCC.CCC.CCC.CCC.CCC.CCC.CCC.CCC.CCC.CCC.CCC. The third-order valence-corrected chi connectivity index (χ3v) is 0. The average molecular weight is 1500 g/mol. The summed E-state index contributed by atoms with van der Waals surface area (Å²) in [7, 11) is 0. The van der Waals surface area contributed by atoms with E-state index in [9.17, 15) is 0 Å². The van der Waals surface area contributed by atoms with Gasteiger partial charge >= 0.3 is 0 Å². The minimum atomic E-state index is 1.25. The second kappa shape index (κ2) is 874. The quantitative estimate of drug-likeness (QED) is 0.227. The molecule has 0 saturated heterocycles. The smallest absolute Gasteiger partial charge is 0.0590 e. The Balaban J connectivity index is -0.0000000146. The van der Waals surface area contributed by atoms with Gasteiger partial charge in [0.1, 0.15) is 0 Å². The van der Waals surface area contributed by atoms with Gasteiger partial charge in [0.15, 0.2) is 0 Å². The number of hydrogen-bond donors (Lipinski definition) is 0. The Morgan fingerprint density at radius 3 is 0.0392 bits per heavy atom. The molecule has 0 unspecified atom stereocenters. The predicted octanol–water partition coefficient (Wildman–Crippen LogP) is 48.2. The topological polar surface area (TPSA) is 0 Å². The third kappa shape index (κ3) is 0. The van der Waals surface area contributed by atoms with Crippen LogP contribution in [0.5, 0.6) is 0 Å². The Kier molecular flexibility index (Phi) is 1930. The summed E-state index contributed by atoms with van der Waals surface area (Å²) in [6.45, 7) is 144. The lowest BCUT2D eigenvalue weighted by Gasteiger charge is -1.48. The van der Waals surface area contributed by atoms with Gasteiger partial charge in [0.2, 0.25) is 0 Å². The van der Waals surface area contributed by atoms with Crippen LogP contribution in [0.3, 0.4) is 0 Å². The van der Waals surface area contributed by atoms with Crippen molar-refractivity contribution in [3.8, 4) is 0 Å². The summed E-state index contributed by atoms with van der Waals surface area (Å²) in [6, 6.07) is 0. The predicted molar refractivity (Wildman–Crippen MR) is 543 cm³/mol. The zero-order chi connectivity index (χ0) is 92.0. The molecule has 0 aliphatic carbocycles. The van der Waals surface area contributed by atoms with Crippen molar-refractivity contribution in [1.82, 2.24) is 0 Å². The minimum absolute atomic E-state index is 1.25. The molecule has 0 atom stereocenters. The van der Waals surface area contributed by atoms with Crippen molar-refractivity contribution in [1.29, 1.82) is 0 Å². The van der Waals surface area contributed by atoms with Gasteiger partial charge in [-0.15, -0.1) is 0 Å². The van der Waals surface area contributed by atoms with Crippen LogP contribution in [0.2, 0.25) is 0 Å². The molecule has 0 aliphatic heterocycles. The lowest BCUT2D eigenvalue weighted by molar-refractivity contribution is 1.09. The van der Waals surface area contributed by atoms with Gasteiger partial charge in [0.05, 0.1) is 0 Å². The molecule has 0 aliphatic rings. The highest BCUT2D eigenvalue weighted by atomic mass is 13.5. The van der Waals surface area contributed by atoms with Gasteiger partial charge in [-0.2, -0.15) is 0 Å². The molecule has 0 heteroatoms. The highest BCUT2D eigenvalue weighted by Crippen LogP contribution is 1.66. The molecule has 0 N–H and O–H groups in total. The van der Waals surface area contributed by atoms with E-state index in [1.807, 2.05) is 0 Å². The summed E-state index contributed by atoms with van der Waals surface area (Å²) in [5.41, 5.74) is 0. The molecule has 0 rings (SSSR count). The van der Waals surface area contributed by atoms with Gasteiger partial charge in [-0.3, -0.25) is 0 Å². The van der Waals surface area contributed by atoms with E-state index in [-0.39, 0.29) is 0 Å². The molecular formula is C102H272. The van der Waals surface area contributed by atoms with Crippen LogP contribution in [-0.4, -0.2) is 0 Å². The molecule has 0 bridgehead atoms. The number of hydrogen-bond acceptors (Lipinski definition) is 0. The Labute approximate surface area is 685 Å². The fraction of sp³-hybridized carbons (Fsp3) is 1.00. The zero-order valence-electron chi connectivity index (χ0n) is 92.0. The van der Waals surface area contributed by atoms with E-state index in [0.717, 1.165) is 0 Å². The maximum absolute atomic E-state index is 2.12. The summed E-state index contributed by atoms with van der Waals surface area (Å²) in [5.74, 6) is 0.